The molecule has 3 nitrogen and oxygen atoms in total. The summed E-state index contributed by atoms with van der Waals surface area (Å²) in [6, 6.07) is 3.89. The molecule has 1 N–H and O–H groups in total. The molecule has 0 aliphatic heterocycles. The number of hydrogen-bond donors (Lipinski definition) is 1. The lowest BCUT2D eigenvalue weighted by molar-refractivity contribution is 0.355. The molecule has 1 aromatic rings. The molecule has 3 heteroatoms. The summed E-state index contributed by atoms with van der Waals surface area (Å²) in [5.41, 5.74) is 1.94. The van der Waals surface area contributed by atoms with Crippen LogP contribution in [0, 0.1) is 6.92 Å². The molecule has 14 heavy (non-hydrogen) atoms. The number of pyridine rings is 1. The first-order valence-electron chi connectivity index (χ1n) is 4.62. The number of rotatable bonds is 5. The second kappa shape index (κ2) is 5.40. The lowest BCUT2D eigenvalue weighted by Crippen LogP contribution is -2.10. The normalized spacial score (nSPS) is 9.86. The van der Waals surface area contributed by atoms with Crippen LogP contribution in [0.1, 0.15) is 11.4 Å². The fourth-order valence-electron chi connectivity index (χ4n) is 1.17. The maximum atomic E-state index is 5.47. The molecule has 0 amide bonds. The number of nitrogens with zero attached hydrogens (tertiary/aromatic N) is 1. The molecule has 0 aliphatic rings. The van der Waals surface area contributed by atoms with Crippen molar-refractivity contribution in [2.45, 2.75) is 13.5 Å². The van der Waals surface area contributed by atoms with Crippen LogP contribution in [0.4, 0.5) is 0 Å². The second-order valence-corrected chi connectivity index (χ2v) is 3.03. The predicted octanol–water partition coefficient (Wildman–Crippen LogP) is 1.67. The van der Waals surface area contributed by atoms with Crippen LogP contribution < -0.4 is 10.1 Å². The van der Waals surface area contributed by atoms with Gasteiger partial charge in [0.05, 0.1) is 5.69 Å². The Morgan fingerprint density at radius 3 is 3.00 bits per heavy atom. The van der Waals surface area contributed by atoms with Crippen LogP contribution in [0.2, 0.25) is 0 Å². The smallest absolute Gasteiger partial charge is 0.142 e. The van der Waals surface area contributed by atoms with Crippen LogP contribution in [0.5, 0.6) is 5.75 Å². The standard InChI is InChI=1S/C11H16N2O/c1-4-7-14-11-6-5-9(2)13-10(11)8-12-3/h4-6,12H,1,7-8H2,2-3H3. The molecule has 1 aromatic heterocycles. The van der Waals surface area contributed by atoms with E-state index in [0.29, 0.717) is 13.2 Å². The minimum atomic E-state index is 0.515. The van der Waals surface area contributed by atoms with E-state index in [-0.39, 0.29) is 0 Å². The molecule has 0 saturated heterocycles. The Balaban J connectivity index is 2.83. The topological polar surface area (TPSA) is 34.1 Å². The Hall–Kier alpha value is -1.35. The van der Waals surface area contributed by atoms with Gasteiger partial charge in [-0.1, -0.05) is 12.7 Å². The van der Waals surface area contributed by atoms with Crippen molar-refractivity contribution in [1.82, 2.24) is 10.3 Å². The number of hydrogen-bond acceptors (Lipinski definition) is 3. The third-order valence-corrected chi connectivity index (χ3v) is 1.77. The zero-order valence-corrected chi connectivity index (χ0v) is 8.71. The van der Waals surface area contributed by atoms with Gasteiger partial charge in [0.15, 0.2) is 0 Å². The SMILES string of the molecule is C=CCOc1ccc(C)nc1CNC. The Morgan fingerprint density at radius 1 is 1.57 bits per heavy atom. The van der Waals surface area contributed by atoms with E-state index in [4.69, 9.17) is 4.74 Å². The second-order valence-electron chi connectivity index (χ2n) is 3.03. The monoisotopic (exact) mass is 192 g/mol. The van der Waals surface area contributed by atoms with Gasteiger partial charge in [0.1, 0.15) is 12.4 Å². The molecule has 0 fully saturated rings. The van der Waals surface area contributed by atoms with Crippen molar-refractivity contribution in [3.05, 3.63) is 36.2 Å². The first-order valence-corrected chi connectivity index (χ1v) is 4.62. The maximum Gasteiger partial charge on any atom is 0.142 e. The van der Waals surface area contributed by atoms with Crippen molar-refractivity contribution in [2.75, 3.05) is 13.7 Å². The number of ether oxygens (including phenoxy) is 1. The summed E-state index contributed by atoms with van der Waals surface area (Å²) >= 11 is 0. The largest absolute Gasteiger partial charge is 0.488 e. The molecule has 0 radical (unpaired) electrons. The summed E-state index contributed by atoms with van der Waals surface area (Å²) in [4.78, 5) is 4.39. The number of nitrogens with one attached hydrogen (secondary N) is 1. The van der Waals surface area contributed by atoms with E-state index in [1.54, 1.807) is 6.08 Å². The number of aromatic nitrogens is 1. The van der Waals surface area contributed by atoms with Crippen LogP contribution in [-0.2, 0) is 6.54 Å². The van der Waals surface area contributed by atoms with Gasteiger partial charge in [-0.05, 0) is 26.1 Å². The predicted molar refractivity (Wildman–Crippen MR) is 57.4 cm³/mol. The first-order chi connectivity index (χ1) is 6.77. The Bertz CT molecular complexity index is 310. The minimum absolute atomic E-state index is 0.515. The fourth-order valence-corrected chi connectivity index (χ4v) is 1.17. The van der Waals surface area contributed by atoms with Gasteiger partial charge in [-0.25, -0.2) is 0 Å². The summed E-state index contributed by atoms with van der Waals surface area (Å²) < 4.78 is 5.47. The summed E-state index contributed by atoms with van der Waals surface area (Å²) in [6.07, 6.45) is 1.73. The zero-order valence-electron chi connectivity index (χ0n) is 8.71. The van der Waals surface area contributed by atoms with Crippen molar-refractivity contribution in [3.8, 4) is 5.75 Å². The van der Waals surface area contributed by atoms with Gasteiger partial charge in [-0.15, -0.1) is 0 Å². The molecular formula is C11H16N2O. The van der Waals surface area contributed by atoms with E-state index in [2.05, 4.69) is 16.9 Å². The van der Waals surface area contributed by atoms with Crippen LogP contribution in [-0.4, -0.2) is 18.6 Å². The molecule has 0 saturated carbocycles. The molecule has 1 rings (SSSR count). The lowest BCUT2D eigenvalue weighted by Gasteiger charge is -2.09. The molecular weight excluding hydrogens is 176 g/mol. The van der Waals surface area contributed by atoms with Crippen molar-refractivity contribution in [2.24, 2.45) is 0 Å². The third-order valence-electron chi connectivity index (χ3n) is 1.77. The highest BCUT2D eigenvalue weighted by molar-refractivity contribution is 5.29. The highest BCUT2D eigenvalue weighted by Crippen LogP contribution is 2.16. The molecule has 0 atom stereocenters. The summed E-state index contributed by atoms with van der Waals surface area (Å²) in [5, 5.41) is 3.06. The van der Waals surface area contributed by atoms with Crippen molar-refractivity contribution < 1.29 is 4.74 Å². The van der Waals surface area contributed by atoms with Crippen LogP contribution in [0.15, 0.2) is 24.8 Å². The maximum absolute atomic E-state index is 5.47. The van der Waals surface area contributed by atoms with E-state index in [9.17, 15) is 0 Å². The summed E-state index contributed by atoms with van der Waals surface area (Å²) in [5.74, 6) is 0.824. The van der Waals surface area contributed by atoms with E-state index in [0.717, 1.165) is 17.1 Å². The Morgan fingerprint density at radius 2 is 2.36 bits per heavy atom. The Labute approximate surface area is 84.8 Å². The quantitative estimate of drug-likeness (QED) is 0.721. The van der Waals surface area contributed by atoms with Gasteiger partial charge in [-0.3, -0.25) is 4.98 Å². The van der Waals surface area contributed by atoms with Crippen molar-refractivity contribution in [3.63, 3.8) is 0 Å². The van der Waals surface area contributed by atoms with E-state index in [1.807, 2.05) is 26.1 Å². The molecule has 0 aliphatic carbocycles. The highest BCUT2D eigenvalue weighted by atomic mass is 16.5. The van der Waals surface area contributed by atoms with Gasteiger partial charge in [0, 0.05) is 12.2 Å². The van der Waals surface area contributed by atoms with Crippen molar-refractivity contribution >= 4 is 0 Å². The third kappa shape index (κ3) is 2.85. The summed E-state index contributed by atoms with van der Waals surface area (Å²) in [6.45, 7) is 6.81. The fraction of sp³-hybridized carbons (Fsp3) is 0.364. The lowest BCUT2D eigenvalue weighted by atomic mass is 10.3. The van der Waals surface area contributed by atoms with Crippen LogP contribution in [0.25, 0.3) is 0 Å². The number of aryl methyl sites for hydroxylation is 1. The molecule has 0 aromatic carbocycles. The molecule has 76 valence electrons. The summed E-state index contributed by atoms with van der Waals surface area (Å²) in [7, 11) is 1.89. The average Bonchev–Trinajstić information content (AvgIpc) is 2.17. The van der Waals surface area contributed by atoms with E-state index < -0.39 is 0 Å². The molecule has 0 unspecified atom stereocenters. The molecule has 1 heterocycles. The van der Waals surface area contributed by atoms with E-state index >= 15 is 0 Å². The zero-order chi connectivity index (χ0) is 10.4. The van der Waals surface area contributed by atoms with Crippen LogP contribution in [0.3, 0.4) is 0 Å². The van der Waals surface area contributed by atoms with Gasteiger partial charge in [0.25, 0.3) is 0 Å². The first kappa shape index (κ1) is 10.7. The van der Waals surface area contributed by atoms with E-state index in [1.165, 1.54) is 0 Å². The molecule has 0 spiro atoms. The average molecular weight is 192 g/mol. The highest BCUT2D eigenvalue weighted by Gasteiger charge is 2.03. The van der Waals surface area contributed by atoms with Crippen LogP contribution >= 0.6 is 0 Å². The van der Waals surface area contributed by atoms with Crippen molar-refractivity contribution in [1.29, 1.82) is 0 Å². The Kier molecular flexibility index (Phi) is 4.13. The van der Waals surface area contributed by atoms with Gasteiger partial charge < -0.3 is 10.1 Å². The van der Waals surface area contributed by atoms with Gasteiger partial charge in [-0.2, -0.15) is 0 Å². The van der Waals surface area contributed by atoms with Gasteiger partial charge in [0.2, 0.25) is 0 Å². The van der Waals surface area contributed by atoms with Gasteiger partial charge >= 0.3 is 0 Å². The molecule has 0 bridgehead atoms. The minimum Gasteiger partial charge on any atom is -0.488 e.